The molecule has 0 saturated heterocycles. The molecule has 0 N–H and O–H groups in total. The topological polar surface area (TPSA) is 68.3 Å². The largest absolute Gasteiger partial charge is 0.542 e. The lowest BCUT2D eigenvalue weighted by Crippen LogP contribution is -2.37. The maximum absolute atomic E-state index is 12.1. The van der Waals surface area contributed by atoms with Gasteiger partial charge in [0.25, 0.3) is 0 Å². The van der Waals surface area contributed by atoms with Crippen LogP contribution < -0.4 is 5.11 Å². The van der Waals surface area contributed by atoms with E-state index in [1.54, 1.807) is 0 Å². The second-order valence-corrected chi connectivity index (χ2v) is 2.36. The summed E-state index contributed by atoms with van der Waals surface area (Å²) < 4.78 is 43.6. The zero-order valence-electron chi connectivity index (χ0n) is 7.53. The Hall–Kier alpha value is -2.17. The number of nitrogens with zero attached hydrogens (tertiary/aromatic N) is 2. The van der Waals surface area contributed by atoms with Crippen LogP contribution in [-0.2, 0) is 4.79 Å². The quantitative estimate of drug-likeness (QED) is 0.507. The summed E-state index contributed by atoms with van der Waals surface area (Å²) in [4.78, 5) is 11.6. The molecule has 0 bridgehead atoms. The SMILES string of the molecule is N#[N+]c1ccc(F)cc1.O=C([O-])C(F)(F)F. The number of hydrogen-bond acceptors (Lipinski definition) is 3. The lowest BCUT2D eigenvalue weighted by molar-refractivity contribution is -0.344. The molecule has 0 aromatic heterocycles. The van der Waals surface area contributed by atoms with Gasteiger partial charge in [-0.1, -0.05) is 0 Å². The fraction of sp³-hybridized carbons (Fsp3) is 0.125. The number of halogens is 4. The first-order valence-corrected chi connectivity index (χ1v) is 3.66. The number of aliphatic carboxylic acids is 1. The summed E-state index contributed by atoms with van der Waals surface area (Å²) in [5.74, 6) is -3.34. The van der Waals surface area contributed by atoms with Gasteiger partial charge in [0.1, 0.15) is 11.8 Å². The van der Waals surface area contributed by atoms with E-state index in [9.17, 15) is 17.6 Å². The number of carbonyl (C=O) groups is 1. The number of carboxylic acid groups (broad SMARTS) is 1. The Bertz CT molecular complexity index is 394. The van der Waals surface area contributed by atoms with Gasteiger partial charge in [-0.25, -0.2) is 4.39 Å². The molecule has 86 valence electrons. The molecule has 0 aliphatic rings. The summed E-state index contributed by atoms with van der Waals surface area (Å²) in [6, 6.07) is 5.23. The predicted molar refractivity (Wildman–Crippen MR) is 42.2 cm³/mol. The van der Waals surface area contributed by atoms with E-state index in [-0.39, 0.29) is 5.82 Å². The molecular formula is C8H4F4N2O2. The van der Waals surface area contributed by atoms with Crippen LogP contribution in [0.2, 0.25) is 0 Å². The first kappa shape index (κ1) is 13.8. The molecule has 0 aliphatic heterocycles. The minimum atomic E-state index is -5.19. The first-order chi connectivity index (χ1) is 7.27. The number of rotatable bonds is 0. The van der Waals surface area contributed by atoms with Crippen molar-refractivity contribution in [3.05, 3.63) is 35.1 Å². The van der Waals surface area contributed by atoms with Crippen molar-refractivity contribution in [3.8, 4) is 0 Å². The normalized spacial score (nSPS) is 9.69. The average Bonchev–Trinajstić information content (AvgIpc) is 2.18. The van der Waals surface area contributed by atoms with Crippen LogP contribution in [0.1, 0.15) is 0 Å². The van der Waals surface area contributed by atoms with Gasteiger partial charge in [0.15, 0.2) is 4.98 Å². The fourth-order valence-electron chi connectivity index (χ4n) is 0.508. The number of carboxylic acids is 1. The summed E-state index contributed by atoms with van der Waals surface area (Å²) in [5.41, 5.74) is 0.358. The molecule has 0 saturated carbocycles. The molecule has 4 nitrogen and oxygen atoms in total. The molecule has 0 aliphatic carbocycles. The van der Waals surface area contributed by atoms with E-state index < -0.39 is 12.1 Å². The average molecular weight is 236 g/mol. The third-order valence-electron chi connectivity index (χ3n) is 1.17. The van der Waals surface area contributed by atoms with E-state index in [4.69, 9.17) is 15.3 Å². The van der Waals surface area contributed by atoms with Crippen LogP contribution in [0.25, 0.3) is 4.98 Å². The van der Waals surface area contributed by atoms with Crippen LogP contribution in [-0.4, -0.2) is 12.1 Å². The molecule has 0 heterocycles. The second-order valence-electron chi connectivity index (χ2n) is 2.36. The van der Waals surface area contributed by atoms with Gasteiger partial charge in [0.05, 0.1) is 0 Å². The van der Waals surface area contributed by atoms with Gasteiger partial charge in [0.2, 0.25) is 5.39 Å². The highest BCUT2D eigenvalue weighted by atomic mass is 19.4. The van der Waals surface area contributed by atoms with Crippen LogP contribution in [0.4, 0.5) is 23.2 Å². The van der Waals surface area contributed by atoms with Crippen LogP contribution in [0.15, 0.2) is 24.3 Å². The van der Waals surface area contributed by atoms with E-state index >= 15 is 0 Å². The van der Waals surface area contributed by atoms with Gasteiger partial charge < -0.3 is 9.90 Å². The van der Waals surface area contributed by atoms with Crippen molar-refractivity contribution in [3.63, 3.8) is 0 Å². The van der Waals surface area contributed by atoms with Gasteiger partial charge >= 0.3 is 11.9 Å². The summed E-state index contributed by atoms with van der Waals surface area (Å²) in [6.45, 7) is 0. The van der Waals surface area contributed by atoms with Crippen molar-refractivity contribution in [2.75, 3.05) is 0 Å². The Kier molecular flexibility index (Phi) is 4.88. The van der Waals surface area contributed by atoms with Gasteiger partial charge in [-0.2, -0.15) is 13.2 Å². The molecule has 0 amide bonds. The number of benzene rings is 1. The van der Waals surface area contributed by atoms with Gasteiger partial charge in [-0.3, -0.25) is 0 Å². The smallest absolute Gasteiger partial charge is 0.430 e. The molecule has 0 radical (unpaired) electrons. The summed E-state index contributed by atoms with van der Waals surface area (Å²) in [7, 11) is 0. The summed E-state index contributed by atoms with van der Waals surface area (Å²) in [6.07, 6.45) is -5.19. The van der Waals surface area contributed by atoms with Gasteiger partial charge in [-0.15, -0.1) is 0 Å². The molecule has 16 heavy (non-hydrogen) atoms. The number of diazo groups is 1. The zero-order chi connectivity index (χ0) is 12.8. The van der Waals surface area contributed by atoms with Crippen LogP contribution in [0, 0.1) is 11.2 Å². The lowest BCUT2D eigenvalue weighted by Gasteiger charge is -2.03. The molecule has 1 rings (SSSR count). The zero-order valence-corrected chi connectivity index (χ0v) is 7.53. The molecule has 0 atom stereocenters. The Morgan fingerprint density at radius 3 is 1.88 bits per heavy atom. The minimum Gasteiger partial charge on any atom is -0.542 e. The molecule has 1 aromatic rings. The summed E-state index contributed by atoms with van der Waals surface area (Å²) >= 11 is 0. The third kappa shape index (κ3) is 5.54. The van der Waals surface area contributed by atoms with Crippen molar-refractivity contribution in [1.29, 1.82) is 5.39 Å². The highest BCUT2D eigenvalue weighted by molar-refractivity contribution is 5.70. The maximum Gasteiger partial charge on any atom is 0.430 e. The number of hydrogen-bond donors (Lipinski definition) is 0. The molecular weight excluding hydrogens is 232 g/mol. The molecule has 1 aromatic carbocycles. The van der Waals surface area contributed by atoms with Crippen molar-refractivity contribution >= 4 is 11.7 Å². The fourth-order valence-corrected chi connectivity index (χ4v) is 0.508. The van der Waals surface area contributed by atoms with Crippen molar-refractivity contribution in [2.45, 2.75) is 6.18 Å². The number of alkyl halides is 3. The lowest BCUT2D eigenvalue weighted by atomic mass is 10.3. The van der Waals surface area contributed by atoms with Gasteiger partial charge in [0, 0.05) is 12.1 Å². The van der Waals surface area contributed by atoms with Crippen molar-refractivity contribution < 1.29 is 27.5 Å². The van der Waals surface area contributed by atoms with E-state index in [0.29, 0.717) is 5.69 Å². The van der Waals surface area contributed by atoms with Crippen molar-refractivity contribution in [2.24, 2.45) is 0 Å². The first-order valence-electron chi connectivity index (χ1n) is 3.66. The minimum absolute atomic E-state index is 0.331. The Morgan fingerprint density at radius 2 is 1.62 bits per heavy atom. The van der Waals surface area contributed by atoms with Crippen LogP contribution in [0.5, 0.6) is 0 Å². The molecule has 8 heteroatoms. The molecule has 0 unspecified atom stereocenters. The van der Waals surface area contributed by atoms with Crippen LogP contribution in [0.3, 0.4) is 0 Å². The second kappa shape index (κ2) is 5.65. The monoisotopic (exact) mass is 236 g/mol. The Balaban J connectivity index is 0.000000293. The highest BCUT2D eigenvalue weighted by Gasteiger charge is 2.28. The third-order valence-corrected chi connectivity index (χ3v) is 1.17. The predicted octanol–water partition coefficient (Wildman–Crippen LogP) is 1.61. The number of carbonyl (C=O) groups excluding carboxylic acids is 1. The van der Waals surface area contributed by atoms with E-state index in [1.165, 1.54) is 24.3 Å². The molecule has 0 fully saturated rings. The Morgan fingerprint density at radius 1 is 1.25 bits per heavy atom. The standard InChI is InChI=1S/C6H4FN2.C2HF3O2/c7-5-1-3-6(9-8)4-2-5;3-2(4,5)1(6)7/h1-4H;(H,6,7)/q+1;/p-1. The van der Waals surface area contributed by atoms with Gasteiger partial charge in [-0.05, 0) is 12.1 Å². The van der Waals surface area contributed by atoms with Crippen molar-refractivity contribution in [1.82, 2.24) is 0 Å². The van der Waals surface area contributed by atoms with E-state index in [0.717, 1.165) is 0 Å². The van der Waals surface area contributed by atoms with E-state index in [2.05, 4.69) is 4.98 Å². The highest BCUT2D eigenvalue weighted by Crippen LogP contribution is 2.11. The maximum atomic E-state index is 12.1. The Labute approximate surface area is 86.7 Å². The summed E-state index contributed by atoms with van der Waals surface area (Å²) in [5, 5.41) is 16.9. The van der Waals surface area contributed by atoms with E-state index in [1.807, 2.05) is 0 Å². The van der Waals surface area contributed by atoms with Crippen LogP contribution >= 0.6 is 0 Å². The molecule has 0 spiro atoms.